The summed E-state index contributed by atoms with van der Waals surface area (Å²) in [6, 6.07) is 6.62. The summed E-state index contributed by atoms with van der Waals surface area (Å²) in [6.45, 7) is 2.07. The first-order valence-corrected chi connectivity index (χ1v) is 7.09. The van der Waals surface area contributed by atoms with E-state index in [1.54, 1.807) is 6.07 Å². The van der Waals surface area contributed by atoms with Crippen LogP contribution in [0.4, 0.5) is 10.1 Å². The number of halogens is 1. The molecule has 0 aromatic heterocycles. The molecule has 4 nitrogen and oxygen atoms in total. The lowest BCUT2D eigenvalue weighted by molar-refractivity contribution is 0.103. The first-order valence-electron chi connectivity index (χ1n) is 7.09. The highest BCUT2D eigenvalue weighted by atomic mass is 19.1. The Hall–Kier alpha value is -1.98. The first kappa shape index (κ1) is 12.7. The number of aliphatic hydroxyl groups is 1. The van der Waals surface area contributed by atoms with Crippen molar-refractivity contribution in [3.63, 3.8) is 0 Å². The Morgan fingerprint density at radius 3 is 3.00 bits per heavy atom. The Kier molecular flexibility index (Phi) is 2.74. The SMILES string of the molecule is O=C1Nc2ccc(F)c3cc(CN4CC[C@H](O)C4)cc1c23. The molecule has 2 aromatic rings. The van der Waals surface area contributed by atoms with E-state index in [1.165, 1.54) is 6.07 Å². The molecule has 0 saturated carbocycles. The maximum absolute atomic E-state index is 14.1. The van der Waals surface area contributed by atoms with Gasteiger partial charge in [-0.2, -0.15) is 0 Å². The molecule has 0 aliphatic carbocycles. The Labute approximate surface area is 121 Å². The van der Waals surface area contributed by atoms with Gasteiger partial charge in [-0.25, -0.2) is 4.39 Å². The Bertz CT molecular complexity index is 760. The molecular formula is C16H15FN2O2. The zero-order chi connectivity index (χ0) is 14.6. The van der Waals surface area contributed by atoms with Crippen molar-refractivity contribution in [2.45, 2.75) is 19.1 Å². The standard InChI is InChI=1S/C16H15FN2O2/c17-13-1-2-14-15-11(13)5-9(6-12(15)16(21)18-14)7-19-4-3-10(20)8-19/h1-2,5-6,10,20H,3-4,7-8H2,(H,18,21)/t10-/m0/s1. The number of aliphatic hydroxyl groups excluding tert-OH is 1. The van der Waals surface area contributed by atoms with Crippen LogP contribution in [0, 0.1) is 5.82 Å². The smallest absolute Gasteiger partial charge is 0.256 e. The van der Waals surface area contributed by atoms with Gasteiger partial charge in [-0.3, -0.25) is 9.69 Å². The fourth-order valence-corrected chi connectivity index (χ4v) is 3.29. The molecule has 1 amide bonds. The minimum atomic E-state index is -0.310. The van der Waals surface area contributed by atoms with Crippen LogP contribution in [0.3, 0.4) is 0 Å². The Morgan fingerprint density at radius 2 is 2.24 bits per heavy atom. The van der Waals surface area contributed by atoms with E-state index in [-0.39, 0.29) is 17.8 Å². The molecule has 2 heterocycles. The number of anilines is 1. The van der Waals surface area contributed by atoms with Crippen LogP contribution in [0.1, 0.15) is 22.3 Å². The van der Waals surface area contributed by atoms with Crippen LogP contribution in [0.2, 0.25) is 0 Å². The summed E-state index contributed by atoms with van der Waals surface area (Å²) in [5.41, 5.74) is 2.12. The Balaban J connectivity index is 1.79. The van der Waals surface area contributed by atoms with Crippen LogP contribution < -0.4 is 5.32 Å². The third-order valence-corrected chi connectivity index (χ3v) is 4.27. The quantitative estimate of drug-likeness (QED) is 0.889. The molecule has 108 valence electrons. The largest absolute Gasteiger partial charge is 0.392 e. The van der Waals surface area contributed by atoms with E-state index in [4.69, 9.17) is 0 Å². The van der Waals surface area contributed by atoms with Gasteiger partial charge in [0.15, 0.2) is 0 Å². The number of nitrogens with one attached hydrogen (secondary N) is 1. The zero-order valence-corrected chi connectivity index (χ0v) is 11.4. The number of carbonyl (C=O) groups excluding carboxylic acids is 1. The molecule has 2 aromatic carbocycles. The normalized spacial score (nSPS) is 21.2. The van der Waals surface area contributed by atoms with E-state index in [2.05, 4.69) is 10.2 Å². The van der Waals surface area contributed by atoms with Crippen molar-refractivity contribution in [2.75, 3.05) is 18.4 Å². The number of β-amino-alcohol motifs (C(OH)–C–C–N with tert-alkyl or cyclic N) is 1. The van der Waals surface area contributed by atoms with Gasteiger partial charge in [0.05, 0.1) is 11.7 Å². The summed E-state index contributed by atoms with van der Waals surface area (Å²) in [7, 11) is 0. The van der Waals surface area contributed by atoms with Gasteiger partial charge in [0.1, 0.15) is 5.82 Å². The lowest BCUT2D eigenvalue weighted by Crippen LogP contribution is -2.21. The van der Waals surface area contributed by atoms with E-state index in [0.717, 1.165) is 18.5 Å². The summed E-state index contributed by atoms with van der Waals surface area (Å²) >= 11 is 0. The van der Waals surface area contributed by atoms with Gasteiger partial charge in [-0.1, -0.05) is 0 Å². The van der Waals surface area contributed by atoms with Gasteiger partial charge in [0, 0.05) is 36.1 Å². The van der Waals surface area contributed by atoms with Crippen LogP contribution in [0.25, 0.3) is 10.8 Å². The Morgan fingerprint density at radius 1 is 1.38 bits per heavy atom. The van der Waals surface area contributed by atoms with Crippen molar-refractivity contribution < 1.29 is 14.3 Å². The second-order valence-electron chi connectivity index (χ2n) is 5.79. The van der Waals surface area contributed by atoms with Crippen LogP contribution in [0.15, 0.2) is 24.3 Å². The van der Waals surface area contributed by atoms with Crippen molar-refractivity contribution in [1.82, 2.24) is 4.90 Å². The van der Waals surface area contributed by atoms with Crippen molar-refractivity contribution in [1.29, 1.82) is 0 Å². The van der Waals surface area contributed by atoms with Crippen LogP contribution in [-0.4, -0.2) is 35.1 Å². The average Bonchev–Trinajstić information content (AvgIpc) is 3.00. The third-order valence-electron chi connectivity index (χ3n) is 4.27. The predicted octanol–water partition coefficient (Wildman–Crippen LogP) is 2.11. The molecule has 0 spiro atoms. The maximum atomic E-state index is 14.1. The number of nitrogens with zero attached hydrogens (tertiary/aromatic N) is 1. The van der Waals surface area contributed by atoms with E-state index in [9.17, 15) is 14.3 Å². The summed E-state index contributed by atoms with van der Waals surface area (Å²) in [5.74, 6) is -0.487. The highest BCUT2D eigenvalue weighted by molar-refractivity contribution is 6.24. The van der Waals surface area contributed by atoms with Crippen molar-refractivity contribution in [2.24, 2.45) is 0 Å². The van der Waals surface area contributed by atoms with Gasteiger partial charge in [-0.15, -0.1) is 0 Å². The number of benzene rings is 2. The topological polar surface area (TPSA) is 52.6 Å². The molecule has 0 radical (unpaired) electrons. The summed E-state index contributed by atoms with van der Waals surface area (Å²) in [6.07, 6.45) is 0.478. The molecular weight excluding hydrogens is 271 g/mol. The minimum Gasteiger partial charge on any atom is -0.392 e. The van der Waals surface area contributed by atoms with Gasteiger partial charge >= 0.3 is 0 Å². The lowest BCUT2D eigenvalue weighted by Gasteiger charge is -2.15. The van der Waals surface area contributed by atoms with Crippen LogP contribution >= 0.6 is 0 Å². The molecule has 2 aliphatic heterocycles. The average molecular weight is 286 g/mol. The number of amides is 1. The maximum Gasteiger partial charge on any atom is 0.256 e. The molecule has 1 saturated heterocycles. The van der Waals surface area contributed by atoms with Crippen LogP contribution in [-0.2, 0) is 6.54 Å². The minimum absolute atomic E-state index is 0.177. The molecule has 0 bridgehead atoms. The third kappa shape index (κ3) is 2.01. The molecule has 21 heavy (non-hydrogen) atoms. The number of likely N-dealkylation sites (tertiary alicyclic amines) is 1. The first-order chi connectivity index (χ1) is 10.1. The summed E-state index contributed by atoms with van der Waals surface area (Å²) < 4.78 is 14.1. The lowest BCUT2D eigenvalue weighted by atomic mass is 10.0. The van der Waals surface area contributed by atoms with Gasteiger partial charge in [0.2, 0.25) is 0 Å². The number of carbonyl (C=O) groups is 1. The van der Waals surface area contributed by atoms with Crippen molar-refractivity contribution in [3.8, 4) is 0 Å². The number of hydrogen-bond donors (Lipinski definition) is 2. The van der Waals surface area contributed by atoms with Gasteiger partial charge in [-0.05, 0) is 36.2 Å². The van der Waals surface area contributed by atoms with Gasteiger partial charge < -0.3 is 10.4 Å². The summed E-state index contributed by atoms with van der Waals surface area (Å²) in [5, 5.41) is 13.5. The van der Waals surface area contributed by atoms with Gasteiger partial charge in [0.25, 0.3) is 5.91 Å². The van der Waals surface area contributed by atoms with Crippen LogP contribution in [0.5, 0.6) is 0 Å². The molecule has 4 rings (SSSR count). The molecule has 1 fully saturated rings. The van der Waals surface area contributed by atoms with Crippen molar-refractivity contribution >= 4 is 22.4 Å². The second-order valence-corrected chi connectivity index (χ2v) is 5.79. The highest BCUT2D eigenvalue weighted by Gasteiger charge is 2.25. The number of rotatable bonds is 2. The van der Waals surface area contributed by atoms with E-state index >= 15 is 0 Å². The second kappa shape index (κ2) is 4.51. The molecule has 2 N–H and O–H groups in total. The molecule has 0 unspecified atom stereocenters. The zero-order valence-electron chi connectivity index (χ0n) is 11.4. The fourth-order valence-electron chi connectivity index (χ4n) is 3.29. The molecule has 5 heteroatoms. The number of hydrogen-bond acceptors (Lipinski definition) is 3. The monoisotopic (exact) mass is 286 g/mol. The van der Waals surface area contributed by atoms with E-state index < -0.39 is 0 Å². The van der Waals surface area contributed by atoms with Crippen molar-refractivity contribution in [3.05, 3.63) is 41.2 Å². The fraction of sp³-hybridized carbons (Fsp3) is 0.312. The highest BCUT2D eigenvalue weighted by Crippen LogP contribution is 2.35. The van der Waals surface area contributed by atoms with E-state index in [0.29, 0.717) is 35.1 Å². The van der Waals surface area contributed by atoms with E-state index in [1.807, 2.05) is 12.1 Å². The molecule has 1 atom stereocenters. The molecule has 2 aliphatic rings. The predicted molar refractivity (Wildman–Crippen MR) is 77.8 cm³/mol. The summed E-state index contributed by atoms with van der Waals surface area (Å²) in [4.78, 5) is 14.1.